The number of benzene rings is 2. The molecule has 0 N–H and O–H groups in total. The SMILES string of the molecule is Cc1nc2cc(Cl)cc(Cl)c2c(=O)n1-c1ccccc1Cl. The zero-order valence-electron chi connectivity index (χ0n) is 10.9. The molecule has 0 saturated carbocycles. The molecule has 0 radical (unpaired) electrons. The van der Waals surface area contributed by atoms with Gasteiger partial charge in [0.2, 0.25) is 0 Å². The van der Waals surface area contributed by atoms with Crippen LogP contribution in [0.3, 0.4) is 0 Å². The molecular formula is C15H9Cl3N2O. The van der Waals surface area contributed by atoms with E-state index in [1.165, 1.54) is 10.6 Å². The van der Waals surface area contributed by atoms with E-state index in [4.69, 9.17) is 34.8 Å². The maximum atomic E-state index is 12.8. The van der Waals surface area contributed by atoms with Gasteiger partial charge in [0.15, 0.2) is 0 Å². The van der Waals surface area contributed by atoms with Gasteiger partial charge in [-0.05, 0) is 31.2 Å². The summed E-state index contributed by atoms with van der Waals surface area (Å²) in [5, 5.41) is 1.51. The number of halogens is 3. The van der Waals surface area contributed by atoms with Crippen LogP contribution >= 0.6 is 34.8 Å². The number of nitrogens with zero attached hydrogens (tertiary/aromatic N) is 2. The number of aromatic nitrogens is 2. The van der Waals surface area contributed by atoms with Crippen molar-refractivity contribution in [3.63, 3.8) is 0 Å². The predicted molar refractivity (Wildman–Crippen MR) is 87.1 cm³/mol. The van der Waals surface area contributed by atoms with Crippen molar-refractivity contribution in [2.45, 2.75) is 6.92 Å². The van der Waals surface area contributed by atoms with Crippen LogP contribution in [0.2, 0.25) is 15.1 Å². The molecule has 0 aliphatic rings. The van der Waals surface area contributed by atoms with Crippen molar-refractivity contribution in [2.75, 3.05) is 0 Å². The number of hydrogen-bond acceptors (Lipinski definition) is 2. The fourth-order valence-corrected chi connectivity index (χ4v) is 3.04. The van der Waals surface area contributed by atoms with Gasteiger partial charge in [0.05, 0.1) is 26.6 Å². The minimum atomic E-state index is -0.271. The zero-order chi connectivity index (χ0) is 15.1. The van der Waals surface area contributed by atoms with Crippen LogP contribution in [0.5, 0.6) is 0 Å². The molecule has 0 unspecified atom stereocenters. The summed E-state index contributed by atoms with van der Waals surface area (Å²) in [4.78, 5) is 17.2. The van der Waals surface area contributed by atoms with Gasteiger partial charge in [-0.3, -0.25) is 9.36 Å². The van der Waals surface area contributed by atoms with Gasteiger partial charge in [-0.15, -0.1) is 0 Å². The monoisotopic (exact) mass is 338 g/mol. The molecule has 106 valence electrons. The molecule has 3 nitrogen and oxygen atoms in total. The van der Waals surface area contributed by atoms with Crippen molar-refractivity contribution in [3.8, 4) is 5.69 Å². The molecule has 0 aliphatic carbocycles. The van der Waals surface area contributed by atoms with E-state index in [1.54, 1.807) is 37.3 Å². The van der Waals surface area contributed by atoms with Crippen molar-refractivity contribution in [3.05, 3.63) is 67.6 Å². The van der Waals surface area contributed by atoms with Gasteiger partial charge in [-0.1, -0.05) is 46.9 Å². The van der Waals surface area contributed by atoms with E-state index < -0.39 is 0 Å². The molecule has 1 aromatic heterocycles. The quantitative estimate of drug-likeness (QED) is 0.646. The molecule has 3 rings (SSSR count). The number of hydrogen-bond donors (Lipinski definition) is 0. The van der Waals surface area contributed by atoms with Gasteiger partial charge in [0.25, 0.3) is 5.56 Å². The topological polar surface area (TPSA) is 34.9 Å². The lowest BCUT2D eigenvalue weighted by Crippen LogP contribution is -2.22. The number of para-hydroxylation sites is 1. The van der Waals surface area contributed by atoms with Crippen molar-refractivity contribution in [1.29, 1.82) is 0 Å². The second-order valence-electron chi connectivity index (χ2n) is 4.53. The highest BCUT2D eigenvalue weighted by Gasteiger charge is 2.15. The minimum absolute atomic E-state index is 0.271. The molecule has 0 saturated heterocycles. The Labute approximate surface area is 135 Å². The van der Waals surface area contributed by atoms with Crippen molar-refractivity contribution in [1.82, 2.24) is 9.55 Å². The van der Waals surface area contributed by atoms with Gasteiger partial charge in [-0.25, -0.2) is 4.98 Å². The Kier molecular flexibility index (Phi) is 3.66. The van der Waals surface area contributed by atoms with Gasteiger partial charge in [0.1, 0.15) is 5.82 Å². The molecule has 0 amide bonds. The van der Waals surface area contributed by atoms with Gasteiger partial charge >= 0.3 is 0 Å². The fourth-order valence-electron chi connectivity index (χ4n) is 2.26. The summed E-state index contributed by atoms with van der Waals surface area (Å²) in [5.74, 6) is 0.513. The van der Waals surface area contributed by atoms with Crippen LogP contribution in [-0.2, 0) is 0 Å². The summed E-state index contributed by atoms with van der Waals surface area (Å²) < 4.78 is 1.45. The number of aryl methyl sites for hydroxylation is 1. The van der Waals surface area contributed by atoms with Crippen LogP contribution in [0.4, 0.5) is 0 Å². The first-order valence-corrected chi connectivity index (χ1v) is 7.26. The normalized spacial score (nSPS) is 11.0. The first-order chi connectivity index (χ1) is 9.99. The highest BCUT2D eigenvalue weighted by atomic mass is 35.5. The third kappa shape index (κ3) is 2.42. The molecule has 0 aliphatic heterocycles. The Morgan fingerprint density at radius 3 is 2.48 bits per heavy atom. The van der Waals surface area contributed by atoms with E-state index in [1.807, 2.05) is 0 Å². The van der Waals surface area contributed by atoms with E-state index in [0.717, 1.165) is 0 Å². The Balaban J connectivity index is 2.46. The highest BCUT2D eigenvalue weighted by Crippen LogP contribution is 2.26. The summed E-state index contributed by atoms with van der Waals surface area (Å²) >= 11 is 18.3. The lowest BCUT2D eigenvalue weighted by molar-refractivity contribution is 0.895. The molecule has 1 heterocycles. The molecule has 3 aromatic rings. The third-order valence-corrected chi connectivity index (χ3v) is 3.99. The molecule has 21 heavy (non-hydrogen) atoms. The number of fused-ring (bicyclic) bond motifs is 1. The van der Waals surface area contributed by atoms with Crippen LogP contribution in [0, 0.1) is 6.92 Å². The molecule has 0 atom stereocenters. The van der Waals surface area contributed by atoms with E-state index in [9.17, 15) is 4.79 Å². The summed E-state index contributed by atoms with van der Waals surface area (Å²) in [7, 11) is 0. The standard InChI is InChI=1S/C15H9Cl3N2O/c1-8-19-12-7-9(16)6-11(18)14(12)15(21)20(8)13-5-3-2-4-10(13)17/h2-7H,1H3. The summed E-state index contributed by atoms with van der Waals surface area (Å²) in [6, 6.07) is 10.2. The second-order valence-corrected chi connectivity index (χ2v) is 5.78. The Morgan fingerprint density at radius 1 is 1.05 bits per heavy atom. The molecule has 6 heteroatoms. The van der Waals surface area contributed by atoms with Crippen LogP contribution in [-0.4, -0.2) is 9.55 Å². The zero-order valence-corrected chi connectivity index (χ0v) is 13.2. The van der Waals surface area contributed by atoms with Crippen molar-refractivity contribution >= 4 is 45.7 Å². The van der Waals surface area contributed by atoms with Crippen LogP contribution < -0.4 is 5.56 Å². The number of rotatable bonds is 1. The van der Waals surface area contributed by atoms with Crippen LogP contribution in [0.15, 0.2) is 41.2 Å². The molecule has 0 bridgehead atoms. The maximum absolute atomic E-state index is 12.8. The van der Waals surface area contributed by atoms with Crippen molar-refractivity contribution in [2.24, 2.45) is 0 Å². The Hall–Kier alpha value is -1.55. The average molecular weight is 340 g/mol. The molecular weight excluding hydrogens is 331 g/mol. The Morgan fingerprint density at radius 2 is 1.76 bits per heavy atom. The largest absolute Gasteiger partial charge is 0.268 e. The summed E-state index contributed by atoms with van der Waals surface area (Å²) in [6.45, 7) is 1.74. The van der Waals surface area contributed by atoms with E-state index >= 15 is 0 Å². The van der Waals surface area contributed by atoms with E-state index in [0.29, 0.717) is 32.5 Å². The van der Waals surface area contributed by atoms with Gasteiger partial charge in [-0.2, -0.15) is 0 Å². The maximum Gasteiger partial charge on any atom is 0.267 e. The van der Waals surface area contributed by atoms with Crippen LogP contribution in [0.1, 0.15) is 5.82 Å². The summed E-state index contributed by atoms with van der Waals surface area (Å²) in [5.41, 5.74) is 0.771. The third-order valence-electron chi connectivity index (χ3n) is 3.15. The average Bonchev–Trinajstić information content (AvgIpc) is 2.39. The molecule has 0 spiro atoms. The highest BCUT2D eigenvalue weighted by molar-refractivity contribution is 6.38. The molecule has 2 aromatic carbocycles. The first kappa shape index (κ1) is 14.4. The fraction of sp³-hybridized carbons (Fsp3) is 0.0667. The van der Waals surface area contributed by atoms with E-state index in [-0.39, 0.29) is 10.6 Å². The minimum Gasteiger partial charge on any atom is -0.268 e. The van der Waals surface area contributed by atoms with Gasteiger partial charge in [0, 0.05) is 5.02 Å². The first-order valence-electron chi connectivity index (χ1n) is 6.12. The smallest absolute Gasteiger partial charge is 0.267 e. The second kappa shape index (κ2) is 5.34. The lowest BCUT2D eigenvalue weighted by Gasteiger charge is -2.12. The molecule has 0 fully saturated rings. The summed E-state index contributed by atoms with van der Waals surface area (Å²) in [6.07, 6.45) is 0. The predicted octanol–water partition coefficient (Wildman–Crippen LogP) is 4.65. The Bertz CT molecular complexity index is 919. The van der Waals surface area contributed by atoms with Gasteiger partial charge < -0.3 is 0 Å². The lowest BCUT2D eigenvalue weighted by atomic mass is 10.2. The van der Waals surface area contributed by atoms with Crippen LogP contribution in [0.25, 0.3) is 16.6 Å². The van der Waals surface area contributed by atoms with Crippen molar-refractivity contribution < 1.29 is 0 Å². The van der Waals surface area contributed by atoms with E-state index in [2.05, 4.69) is 4.98 Å².